The second kappa shape index (κ2) is 5.29. The van der Waals surface area contributed by atoms with Gasteiger partial charge in [-0.1, -0.05) is 11.8 Å². The smallest absolute Gasteiger partial charge is 0.243 e. The van der Waals surface area contributed by atoms with E-state index in [0.717, 1.165) is 18.9 Å². The minimum absolute atomic E-state index is 0.0296. The molecule has 0 aliphatic heterocycles. The number of nitrogens with zero attached hydrogens (tertiary/aromatic N) is 1. The van der Waals surface area contributed by atoms with Gasteiger partial charge in [0.15, 0.2) is 0 Å². The summed E-state index contributed by atoms with van der Waals surface area (Å²) in [6.45, 7) is -0.371. The highest BCUT2D eigenvalue weighted by atomic mass is 32.2. The molecule has 1 N–H and O–H groups in total. The molecule has 2 rings (SSSR count). The molecule has 0 atom stereocenters. The van der Waals surface area contributed by atoms with Gasteiger partial charge in [0, 0.05) is 13.1 Å². The average molecular weight is 283 g/mol. The Hall–Kier alpha value is -1.42. The molecule has 19 heavy (non-hydrogen) atoms. The normalized spacial score (nSPS) is 15.2. The van der Waals surface area contributed by atoms with Crippen molar-refractivity contribution in [1.82, 2.24) is 4.31 Å². The van der Waals surface area contributed by atoms with Crippen molar-refractivity contribution in [1.29, 1.82) is 0 Å². The van der Waals surface area contributed by atoms with Crippen molar-refractivity contribution in [2.75, 3.05) is 13.7 Å². The number of aliphatic hydroxyl groups is 1. The molecule has 6 heteroatoms. The zero-order valence-electron chi connectivity index (χ0n) is 10.4. The SMILES string of the molecule is CN(C1CC1)S(=O)(=O)c1ccc(C#CCO)c(F)c1. The van der Waals surface area contributed by atoms with E-state index in [0.29, 0.717) is 0 Å². The fourth-order valence-corrected chi connectivity index (χ4v) is 3.12. The molecule has 1 saturated carbocycles. The summed E-state index contributed by atoms with van der Waals surface area (Å²) in [5, 5.41) is 8.54. The van der Waals surface area contributed by atoms with E-state index in [-0.39, 0.29) is 23.1 Å². The number of hydrogen-bond acceptors (Lipinski definition) is 3. The van der Waals surface area contributed by atoms with Gasteiger partial charge in [-0.25, -0.2) is 12.8 Å². The third-order valence-electron chi connectivity index (χ3n) is 2.98. The summed E-state index contributed by atoms with van der Waals surface area (Å²) in [5.74, 6) is 4.04. The van der Waals surface area contributed by atoms with E-state index in [4.69, 9.17) is 5.11 Å². The maximum absolute atomic E-state index is 13.7. The number of sulfonamides is 1. The molecule has 4 nitrogen and oxygen atoms in total. The van der Waals surface area contributed by atoms with E-state index in [1.54, 1.807) is 0 Å². The third-order valence-corrected chi connectivity index (χ3v) is 4.89. The molecule has 102 valence electrons. The molecule has 0 bridgehead atoms. The van der Waals surface area contributed by atoms with Crippen molar-refractivity contribution in [2.45, 2.75) is 23.8 Å². The fraction of sp³-hybridized carbons (Fsp3) is 0.385. The summed E-state index contributed by atoms with van der Waals surface area (Å²) in [5.41, 5.74) is 0.0714. The first kappa shape index (κ1) is 14.0. The monoisotopic (exact) mass is 283 g/mol. The Kier molecular flexibility index (Phi) is 3.90. The Bertz CT molecular complexity index is 642. The zero-order valence-corrected chi connectivity index (χ0v) is 11.2. The lowest BCUT2D eigenvalue weighted by molar-refractivity contribution is 0.350. The van der Waals surface area contributed by atoms with Crippen molar-refractivity contribution in [3.05, 3.63) is 29.6 Å². The van der Waals surface area contributed by atoms with Crippen LogP contribution >= 0.6 is 0 Å². The molecule has 1 aromatic rings. The van der Waals surface area contributed by atoms with E-state index in [9.17, 15) is 12.8 Å². The van der Waals surface area contributed by atoms with E-state index < -0.39 is 15.8 Å². The highest BCUT2D eigenvalue weighted by molar-refractivity contribution is 7.89. The van der Waals surface area contributed by atoms with Crippen LogP contribution in [-0.4, -0.2) is 37.5 Å². The maximum atomic E-state index is 13.7. The third kappa shape index (κ3) is 2.95. The molecule has 0 unspecified atom stereocenters. The molecule has 0 amide bonds. The number of halogens is 1. The van der Waals surface area contributed by atoms with Gasteiger partial charge in [0.2, 0.25) is 10.0 Å². The Morgan fingerprint density at radius 2 is 2.16 bits per heavy atom. The molecular formula is C13H14FNO3S. The highest BCUT2D eigenvalue weighted by Gasteiger charge is 2.35. The molecule has 0 aromatic heterocycles. The summed E-state index contributed by atoms with van der Waals surface area (Å²) in [7, 11) is -2.14. The lowest BCUT2D eigenvalue weighted by atomic mass is 10.2. The van der Waals surface area contributed by atoms with Crippen molar-refractivity contribution >= 4 is 10.0 Å². The molecule has 0 radical (unpaired) electrons. The first-order valence-electron chi connectivity index (χ1n) is 5.84. The zero-order chi connectivity index (χ0) is 14.0. The van der Waals surface area contributed by atoms with E-state index in [1.807, 2.05) is 0 Å². The molecular weight excluding hydrogens is 269 g/mol. The van der Waals surface area contributed by atoms with Crippen molar-refractivity contribution in [3.8, 4) is 11.8 Å². The van der Waals surface area contributed by atoms with Crippen LogP contribution in [0.4, 0.5) is 4.39 Å². The average Bonchev–Trinajstić information content (AvgIpc) is 3.20. The van der Waals surface area contributed by atoms with Gasteiger partial charge in [-0.3, -0.25) is 0 Å². The van der Waals surface area contributed by atoms with E-state index >= 15 is 0 Å². The van der Waals surface area contributed by atoms with Crippen molar-refractivity contribution in [3.63, 3.8) is 0 Å². The van der Waals surface area contributed by atoms with Crippen LogP contribution in [0.3, 0.4) is 0 Å². The van der Waals surface area contributed by atoms with Crippen LogP contribution in [0.1, 0.15) is 18.4 Å². The van der Waals surface area contributed by atoms with Gasteiger partial charge in [0.05, 0.1) is 10.5 Å². The van der Waals surface area contributed by atoms with Crippen LogP contribution in [0.25, 0.3) is 0 Å². The van der Waals surface area contributed by atoms with Crippen LogP contribution in [-0.2, 0) is 10.0 Å². The summed E-state index contributed by atoms with van der Waals surface area (Å²) in [4.78, 5) is -0.0750. The Morgan fingerprint density at radius 3 is 2.68 bits per heavy atom. The van der Waals surface area contributed by atoms with Crippen molar-refractivity contribution < 1.29 is 17.9 Å². The first-order chi connectivity index (χ1) is 8.96. The second-order valence-electron chi connectivity index (χ2n) is 4.35. The number of benzene rings is 1. The molecule has 1 aliphatic carbocycles. The van der Waals surface area contributed by atoms with Gasteiger partial charge < -0.3 is 5.11 Å². The van der Waals surface area contributed by atoms with Crippen molar-refractivity contribution in [2.24, 2.45) is 0 Å². The Labute approximate surface area is 111 Å². The first-order valence-corrected chi connectivity index (χ1v) is 7.28. The highest BCUT2D eigenvalue weighted by Crippen LogP contribution is 2.30. The standard InChI is InChI=1S/C13H14FNO3S/c1-15(11-5-6-11)19(17,18)12-7-4-10(3-2-8-16)13(14)9-12/h4,7,9,11,16H,5-6,8H2,1H3. The van der Waals surface area contributed by atoms with Crippen LogP contribution in [0.2, 0.25) is 0 Å². The van der Waals surface area contributed by atoms with E-state index in [2.05, 4.69) is 11.8 Å². The predicted molar refractivity (Wildman–Crippen MR) is 68.3 cm³/mol. The molecule has 1 aliphatic rings. The van der Waals surface area contributed by atoms with E-state index in [1.165, 1.54) is 23.5 Å². The maximum Gasteiger partial charge on any atom is 0.243 e. The van der Waals surface area contributed by atoms with Crippen LogP contribution < -0.4 is 0 Å². The Morgan fingerprint density at radius 1 is 1.47 bits per heavy atom. The lowest BCUT2D eigenvalue weighted by Crippen LogP contribution is -2.29. The van der Waals surface area contributed by atoms with Gasteiger partial charge in [-0.2, -0.15) is 4.31 Å². The fourth-order valence-electron chi connectivity index (χ4n) is 1.69. The Balaban J connectivity index is 2.33. The number of rotatable bonds is 3. The summed E-state index contributed by atoms with van der Waals surface area (Å²) in [6.07, 6.45) is 1.69. The topological polar surface area (TPSA) is 57.6 Å². The summed E-state index contributed by atoms with van der Waals surface area (Å²) in [6, 6.07) is 3.64. The molecule has 0 heterocycles. The molecule has 0 spiro atoms. The van der Waals surface area contributed by atoms with Gasteiger partial charge in [-0.05, 0) is 31.0 Å². The summed E-state index contributed by atoms with van der Waals surface area (Å²) >= 11 is 0. The molecule has 1 aromatic carbocycles. The van der Waals surface area contributed by atoms with Gasteiger partial charge in [-0.15, -0.1) is 0 Å². The molecule has 1 fully saturated rings. The quantitative estimate of drug-likeness (QED) is 0.840. The lowest BCUT2D eigenvalue weighted by Gasteiger charge is -2.16. The minimum Gasteiger partial charge on any atom is -0.384 e. The van der Waals surface area contributed by atoms with Gasteiger partial charge in [0.1, 0.15) is 12.4 Å². The summed E-state index contributed by atoms with van der Waals surface area (Å²) < 4.78 is 39.3. The van der Waals surface area contributed by atoms with Gasteiger partial charge in [0.25, 0.3) is 0 Å². The molecule has 0 saturated heterocycles. The second-order valence-corrected chi connectivity index (χ2v) is 6.35. The number of aliphatic hydroxyl groups excluding tert-OH is 1. The number of hydrogen-bond donors (Lipinski definition) is 1. The van der Waals surface area contributed by atoms with Crippen LogP contribution in [0.5, 0.6) is 0 Å². The van der Waals surface area contributed by atoms with Crippen LogP contribution in [0.15, 0.2) is 23.1 Å². The van der Waals surface area contributed by atoms with Gasteiger partial charge >= 0.3 is 0 Å². The minimum atomic E-state index is -3.64. The predicted octanol–water partition coefficient (Wildman–Crippen LogP) is 0.952. The largest absolute Gasteiger partial charge is 0.384 e. The van der Waals surface area contributed by atoms with Crippen LogP contribution in [0, 0.1) is 17.7 Å².